The minimum Gasteiger partial charge on any atom is -0.394 e. The predicted octanol–water partition coefficient (Wildman–Crippen LogP) is 4.34. The summed E-state index contributed by atoms with van der Waals surface area (Å²) in [5.41, 5.74) is 2.66. The fourth-order valence-corrected chi connectivity index (χ4v) is 4.57. The van der Waals surface area contributed by atoms with Gasteiger partial charge in [-0.3, -0.25) is 0 Å². The summed E-state index contributed by atoms with van der Waals surface area (Å²) in [5.74, 6) is 0. The smallest absolute Gasteiger partial charge is 0.184 e. The fourth-order valence-electron chi connectivity index (χ4n) is 4.19. The quantitative estimate of drug-likeness (QED) is 0.528. The van der Waals surface area contributed by atoms with E-state index in [1.165, 1.54) is 0 Å². The summed E-state index contributed by atoms with van der Waals surface area (Å²) < 4.78 is 26.0. The Morgan fingerprint density at radius 3 is 1.81 bits per heavy atom. The molecule has 0 spiro atoms. The van der Waals surface area contributed by atoms with Crippen molar-refractivity contribution in [3.05, 3.63) is 100 Å². The molecule has 2 unspecified atom stereocenters. The number of aliphatic hydroxyl groups excluding tert-OH is 1. The van der Waals surface area contributed by atoms with E-state index in [0.717, 1.165) is 21.4 Å². The number of rotatable bonds is 5. The van der Waals surface area contributed by atoms with Crippen molar-refractivity contribution in [2.45, 2.75) is 43.4 Å². The number of aliphatic hydroxyl groups is 1. The summed E-state index contributed by atoms with van der Waals surface area (Å²) >= 11 is 3.44. The third-order valence-electron chi connectivity index (χ3n) is 5.72. The molecule has 32 heavy (non-hydrogen) atoms. The maximum Gasteiger partial charge on any atom is 0.184 e. The average molecular weight is 498 g/mol. The third-order valence-corrected chi connectivity index (χ3v) is 6.16. The Bertz CT molecular complexity index is 1020. The Morgan fingerprint density at radius 1 is 0.688 bits per heavy atom. The van der Waals surface area contributed by atoms with Crippen LogP contribution in [0.2, 0.25) is 0 Å². The van der Waals surface area contributed by atoms with E-state index in [1.807, 2.05) is 78.9 Å². The first kappa shape index (κ1) is 21.7. The fraction of sp³-hybridized carbons (Fsp3) is 0.320. The van der Waals surface area contributed by atoms with Crippen molar-refractivity contribution in [2.75, 3.05) is 6.61 Å². The molecule has 3 heterocycles. The minimum absolute atomic E-state index is 0.183. The van der Waals surface area contributed by atoms with Crippen LogP contribution in [0.1, 0.15) is 29.4 Å². The van der Waals surface area contributed by atoms with Crippen molar-refractivity contribution in [3.63, 3.8) is 0 Å². The van der Waals surface area contributed by atoms with Crippen LogP contribution in [0.4, 0.5) is 0 Å². The summed E-state index contributed by atoms with van der Waals surface area (Å²) in [6.07, 6.45) is -2.50. The molecule has 0 bridgehead atoms. The molecule has 1 N–H and O–H groups in total. The van der Waals surface area contributed by atoms with Crippen LogP contribution >= 0.6 is 15.9 Å². The molecule has 2 fully saturated rings. The van der Waals surface area contributed by atoms with Crippen LogP contribution in [0.15, 0.2) is 83.5 Å². The number of benzene rings is 2. The van der Waals surface area contributed by atoms with Crippen molar-refractivity contribution in [1.82, 2.24) is 4.98 Å². The molecule has 1 aromatic heterocycles. The molecular formula is C25H24BrNO5. The number of halogens is 1. The maximum absolute atomic E-state index is 10.1. The van der Waals surface area contributed by atoms with E-state index >= 15 is 0 Å². The van der Waals surface area contributed by atoms with E-state index < -0.39 is 30.9 Å². The molecule has 0 radical (unpaired) electrons. The van der Waals surface area contributed by atoms with Gasteiger partial charge in [-0.1, -0.05) is 66.7 Å². The first-order valence-electron chi connectivity index (χ1n) is 10.7. The molecule has 2 saturated heterocycles. The zero-order valence-electron chi connectivity index (χ0n) is 17.3. The van der Waals surface area contributed by atoms with Gasteiger partial charge >= 0.3 is 0 Å². The Hall–Kier alpha value is -2.13. The van der Waals surface area contributed by atoms with Gasteiger partial charge in [-0.25, -0.2) is 4.98 Å². The summed E-state index contributed by atoms with van der Waals surface area (Å²) in [6.45, 7) is -0.183. The van der Waals surface area contributed by atoms with Gasteiger partial charge in [-0.2, -0.15) is 0 Å². The molecule has 2 aliphatic rings. The molecule has 2 aliphatic heterocycles. The van der Waals surface area contributed by atoms with Crippen molar-refractivity contribution >= 4 is 15.9 Å². The number of fused-ring (bicyclic) bond motifs is 1. The van der Waals surface area contributed by atoms with Crippen LogP contribution in [0.3, 0.4) is 0 Å². The molecule has 166 valence electrons. The number of nitrogens with zero attached hydrogens (tertiary/aromatic N) is 1. The molecule has 7 heteroatoms. The normalized spacial score (nSPS) is 29.9. The first-order valence-corrected chi connectivity index (χ1v) is 11.4. The van der Waals surface area contributed by atoms with Crippen LogP contribution in [0, 0.1) is 0 Å². The van der Waals surface area contributed by atoms with Gasteiger partial charge < -0.3 is 24.1 Å². The highest BCUT2D eigenvalue weighted by atomic mass is 79.9. The SMILES string of the molecule is OC[C@H]1OC(c2ccccc2)O[C@@H]2[C@@H]1OC(c1ccccc1)O[C@@H]2Cc1cccc(Br)n1. The van der Waals surface area contributed by atoms with Gasteiger partial charge in [0.05, 0.1) is 12.7 Å². The van der Waals surface area contributed by atoms with E-state index in [4.69, 9.17) is 18.9 Å². The van der Waals surface area contributed by atoms with Gasteiger partial charge in [0.15, 0.2) is 12.6 Å². The second-order valence-electron chi connectivity index (χ2n) is 7.87. The molecule has 0 aliphatic carbocycles. The highest BCUT2D eigenvalue weighted by Crippen LogP contribution is 2.41. The Labute approximate surface area is 195 Å². The van der Waals surface area contributed by atoms with E-state index in [2.05, 4.69) is 20.9 Å². The Kier molecular flexibility index (Phi) is 6.64. The van der Waals surface area contributed by atoms with E-state index in [1.54, 1.807) is 0 Å². The topological polar surface area (TPSA) is 70.0 Å². The predicted molar refractivity (Wildman–Crippen MR) is 121 cm³/mol. The highest BCUT2D eigenvalue weighted by molar-refractivity contribution is 9.10. The van der Waals surface area contributed by atoms with Gasteiger partial charge in [0.2, 0.25) is 0 Å². The van der Waals surface area contributed by atoms with Crippen molar-refractivity contribution in [3.8, 4) is 0 Å². The number of ether oxygens (including phenoxy) is 4. The lowest BCUT2D eigenvalue weighted by Crippen LogP contribution is -2.59. The van der Waals surface area contributed by atoms with Crippen molar-refractivity contribution in [1.29, 1.82) is 0 Å². The average Bonchev–Trinajstić information content (AvgIpc) is 2.84. The number of pyridine rings is 1. The standard InChI is InChI=1S/C25H24BrNO5/c26-21-13-7-12-18(27-21)14-19-22-23(32-24(29-19)16-8-3-1-4-9-16)20(15-28)30-25(31-22)17-10-5-2-6-11-17/h1-13,19-20,22-25,28H,14-15H2/t19-,20-,22+,23-,24?,25?/m1/s1. The second-order valence-corrected chi connectivity index (χ2v) is 8.69. The largest absolute Gasteiger partial charge is 0.394 e. The maximum atomic E-state index is 10.1. The zero-order chi connectivity index (χ0) is 21.9. The van der Waals surface area contributed by atoms with Crippen molar-refractivity contribution < 1.29 is 24.1 Å². The molecule has 2 aromatic carbocycles. The van der Waals surface area contributed by atoms with Crippen LogP contribution in [0.5, 0.6) is 0 Å². The molecule has 3 aromatic rings. The minimum atomic E-state index is -0.618. The Balaban J connectivity index is 1.47. The number of aromatic nitrogens is 1. The molecular weight excluding hydrogens is 474 g/mol. The third kappa shape index (κ3) is 4.64. The van der Waals surface area contributed by atoms with Gasteiger partial charge in [0.1, 0.15) is 22.9 Å². The molecule has 6 atom stereocenters. The summed E-state index contributed by atoms with van der Waals surface area (Å²) in [4.78, 5) is 4.58. The van der Waals surface area contributed by atoms with Crippen LogP contribution in [-0.2, 0) is 25.4 Å². The first-order chi connectivity index (χ1) is 15.7. The van der Waals surface area contributed by atoms with Crippen LogP contribution in [-0.4, -0.2) is 41.1 Å². The van der Waals surface area contributed by atoms with Crippen LogP contribution < -0.4 is 0 Å². The van der Waals surface area contributed by atoms with E-state index in [0.29, 0.717) is 6.42 Å². The monoisotopic (exact) mass is 497 g/mol. The summed E-state index contributed by atoms with van der Waals surface area (Å²) in [6, 6.07) is 25.3. The zero-order valence-corrected chi connectivity index (χ0v) is 18.9. The Morgan fingerprint density at radius 2 is 1.25 bits per heavy atom. The molecule has 5 rings (SSSR count). The number of hydrogen-bond acceptors (Lipinski definition) is 6. The van der Waals surface area contributed by atoms with Crippen molar-refractivity contribution in [2.24, 2.45) is 0 Å². The molecule has 6 nitrogen and oxygen atoms in total. The highest BCUT2D eigenvalue weighted by Gasteiger charge is 2.50. The van der Waals surface area contributed by atoms with Gasteiger partial charge in [0, 0.05) is 23.2 Å². The van der Waals surface area contributed by atoms with E-state index in [9.17, 15) is 5.11 Å². The van der Waals surface area contributed by atoms with Gasteiger partial charge in [-0.15, -0.1) is 0 Å². The lowest BCUT2D eigenvalue weighted by Gasteiger charge is -2.49. The lowest BCUT2D eigenvalue weighted by atomic mass is 9.95. The van der Waals surface area contributed by atoms with E-state index in [-0.39, 0.29) is 12.7 Å². The lowest BCUT2D eigenvalue weighted by molar-refractivity contribution is -0.384. The second kappa shape index (κ2) is 9.79. The van der Waals surface area contributed by atoms with Gasteiger partial charge in [0.25, 0.3) is 0 Å². The van der Waals surface area contributed by atoms with Gasteiger partial charge in [-0.05, 0) is 28.1 Å². The van der Waals surface area contributed by atoms with Crippen LogP contribution in [0.25, 0.3) is 0 Å². The summed E-state index contributed by atoms with van der Waals surface area (Å²) in [5, 5.41) is 10.1. The molecule has 0 saturated carbocycles. The molecule has 0 amide bonds. The summed E-state index contributed by atoms with van der Waals surface area (Å²) in [7, 11) is 0. The number of hydrogen-bond donors (Lipinski definition) is 1.